The minimum absolute atomic E-state index is 0.0302. The topological polar surface area (TPSA) is 76.0 Å². The van der Waals surface area contributed by atoms with Crippen molar-refractivity contribution >= 4 is 23.1 Å². The van der Waals surface area contributed by atoms with E-state index in [1.807, 2.05) is 13.8 Å². The number of imidazole rings is 1. The van der Waals surface area contributed by atoms with Gasteiger partial charge >= 0.3 is 6.18 Å². The maximum atomic E-state index is 13.5. The van der Waals surface area contributed by atoms with E-state index in [1.165, 1.54) is 12.1 Å². The third-order valence-corrected chi connectivity index (χ3v) is 4.60. The molecule has 0 fully saturated rings. The molecule has 0 bridgehead atoms. The zero-order chi connectivity index (χ0) is 23.3. The molecule has 3 rings (SSSR count). The van der Waals surface area contributed by atoms with Crippen LogP contribution in [0.15, 0.2) is 61.2 Å². The maximum absolute atomic E-state index is 13.5. The lowest BCUT2D eigenvalue weighted by Gasteiger charge is -2.17. The lowest BCUT2D eigenvalue weighted by molar-refractivity contribution is -0.137. The van der Waals surface area contributed by atoms with Gasteiger partial charge in [-0.3, -0.25) is 9.59 Å². The van der Waals surface area contributed by atoms with Crippen molar-refractivity contribution in [2.24, 2.45) is 5.92 Å². The van der Waals surface area contributed by atoms with Gasteiger partial charge in [-0.2, -0.15) is 13.2 Å². The van der Waals surface area contributed by atoms with Crippen molar-refractivity contribution in [1.29, 1.82) is 0 Å². The molecule has 0 saturated heterocycles. The van der Waals surface area contributed by atoms with Gasteiger partial charge in [-0.15, -0.1) is 0 Å². The number of hydrogen-bond donors (Lipinski definition) is 2. The van der Waals surface area contributed by atoms with Crippen LogP contribution in [0.2, 0.25) is 0 Å². The summed E-state index contributed by atoms with van der Waals surface area (Å²) in [5, 5.41) is 5.16. The van der Waals surface area contributed by atoms with Crippen molar-refractivity contribution in [2.75, 3.05) is 17.2 Å². The van der Waals surface area contributed by atoms with Crippen LogP contribution in [0, 0.1) is 5.92 Å². The number of aromatic nitrogens is 2. The number of carbonyl (C=O) groups is 2. The lowest BCUT2D eigenvalue weighted by Crippen LogP contribution is -2.18. The highest BCUT2D eigenvalue weighted by Crippen LogP contribution is 2.36. The molecule has 3 aromatic rings. The second-order valence-electron chi connectivity index (χ2n) is 7.70. The number of hydrogen-bond acceptors (Lipinski definition) is 4. The second kappa shape index (κ2) is 9.67. The molecule has 2 aromatic carbocycles. The Balaban J connectivity index is 1.70. The summed E-state index contributed by atoms with van der Waals surface area (Å²) >= 11 is 0. The van der Waals surface area contributed by atoms with Crippen LogP contribution in [0.4, 0.5) is 24.5 Å². The van der Waals surface area contributed by atoms with E-state index in [2.05, 4.69) is 15.6 Å². The zero-order valence-electron chi connectivity index (χ0n) is 17.6. The van der Waals surface area contributed by atoms with E-state index in [0.717, 1.165) is 6.07 Å². The van der Waals surface area contributed by atoms with E-state index in [4.69, 9.17) is 0 Å². The Bertz CT molecular complexity index is 1090. The third-order valence-electron chi connectivity index (χ3n) is 4.60. The molecule has 2 N–H and O–H groups in total. The van der Waals surface area contributed by atoms with Crippen molar-refractivity contribution in [2.45, 2.75) is 26.4 Å². The summed E-state index contributed by atoms with van der Waals surface area (Å²) in [5.74, 6) is -0.983. The van der Waals surface area contributed by atoms with Crippen LogP contribution < -0.4 is 10.6 Å². The first kappa shape index (κ1) is 23.1. The minimum Gasteiger partial charge on any atom is -0.384 e. The van der Waals surface area contributed by atoms with Crippen molar-refractivity contribution in [3.63, 3.8) is 0 Å². The molecule has 6 nitrogen and oxygen atoms in total. The minimum atomic E-state index is -4.59. The number of nitrogens with one attached hydrogen (secondary N) is 2. The molecule has 0 unspecified atom stereocenters. The Morgan fingerprint density at radius 1 is 1.12 bits per heavy atom. The number of halogens is 3. The number of nitrogens with zero attached hydrogens (tertiary/aromatic N) is 2. The Hall–Kier alpha value is -3.62. The van der Waals surface area contributed by atoms with Gasteiger partial charge in [-0.25, -0.2) is 4.98 Å². The smallest absolute Gasteiger partial charge is 0.384 e. The van der Waals surface area contributed by atoms with Crippen LogP contribution in [0.25, 0.3) is 5.69 Å². The molecule has 168 valence electrons. The van der Waals surface area contributed by atoms with E-state index in [1.54, 1.807) is 47.6 Å². The van der Waals surface area contributed by atoms with Crippen LogP contribution >= 0.6 is 0 Å². The average Bonchev–Trinajstić information content (AvgIpc) is 3.27. The highest BCUT2D eigenvalue weighted by atomic mass is 19.4. The summed E-state index contributed by atoms with van der Waals surface area (Å²) in [6, 6.07) is 10.2. The molecule has 0 spiro atoms. The second-order valence-corrected chi connectivity index (χ2v) is 7.70. The van der Waals surface area contributed by atoms with Gasteiger partial charge in [0.05, 0.1) is 18.3 Å². The quantitative estimate of drug-likeness (QED) is 0.371. The Morgan fingerprint density at radius 3 is 2.56 bits per heavy atom. The normalized spacial score (nSPS) is 11.4. The number of carbonyl (C=O) groups excluding carboxylic acids is 2. The first-order valence-corrected chi connectivity index (χ1v) is 10.00. The zero-order valence-corrected chi connectivity index (χ0v) is 17.6. The van der Waals surface area contributed by atoms with Crippen LogP contribution in [0.3, 0.4) is 0 Å². The van der Waals surface area contributed by atoms with Gasteiger partial charge in [-0.1, -0.05) is 26.0 Å². The first-order chi connectivity index (χ1) is 15.1. The Kier molecular flexibility index (Phi) is 6.97. The monoisotopic (exact) mass is 444 g/mol. The number of ketones is 1. The van der Waals surface area contributed by atoms with E-state index in [9.17, 15) is 22.8 Å². The summed E-state index contributed by atoms with van der Waals surface area (Å²) in [6.07, 6.45) is -0.199. The third kappa shape index (κ3) is 5.96. The van der Waals surface area contributed by atoms with Gasteiger partial charge in [0.25, 0.3) is 0 Å². The molecular formula is C23H23F3N4O2. The molecule has 1 aromatic heterocycles. The van der Waals surface area contributed by atoms with E-state index >= 15 is 0 Å². The molecule has 1 amide bonds. The first-order valence-electron chi connectivity index (χ1n) is 10.00. The van der Waals surface area contributed by atoms with Gasteiger partial charge in [0.15, 0.2) is 5.78 Å². The number of rotatable bonds is 8. The number of alkyl halides is 3. The fraction of sp³-hybridized carbons (Fsp3) is 0.261. The van der Waals surface area contributed by atoms with Crippen molar-refractivity contribution in [1.82, 2.24) is 9.55 Å². The molecule has 0 aliphatic rings. The van der Waals surface area contributed by atoms with Gasteiger partial charge in [0, 0.05) is 41.6 Å². The fourth-order valence-electron chi connectivity index (χ4n) is 3.03. The molecule has 0 saturated carbocycles. The summed E-state index contributed by atoms with van der Waals surface area (Å²) in [7, 11) is 0. The molecule has 9 heteroatoms. The largest absolute Gasteiger partial charge is 0.418 e. The predicted molar refractivity (Wildman–Crippen MR) is 116 cm³/mol. The summed E-state index contributed by atoms with van der Waals surface area (Å²) in [5.41, 5.74) is 0.0490. The lowest BCUT2D eigenvalue weighted by atomic mass is 10.1. The molecule has 1 heterocycles. The van der Waals surface area contributed by atoms with Crippen LogP contribution in [0.5, 0.6) is 0 Å². The van der Waals surface area contributed by atoms with Gasteiger partial charge in [-0.05, 0) is 36.2 Å². The SMILES string of the molecule is CC(C)CNc1ccc(NC(=O)CC(=O)c2cccc(-n3ccnc3)c2)cc1C(F)(F)F. The van der Waals surface area contributed by atoms with Crippen molar-refractivity contribution < 1.29 is 22.8 Å². The van der Waals surface area contributed by atoms with Crippen LogP contribution in [0.1, 0.15) is 36.2 Å². The highest BCUT2D eigenvalue weighted by molar-refractivity contribution is 6.11. The number of anilines is 2. The van der Waals surface area contributed by atoms with E-state index < -0.39 is 29.9 Å². The molecule has 32 heavy (non-hydrogen) atoms. The number of benzene rings is 2. The fourth-order valence-corrected chi connectivity index (χ4v) is 3.03. The van der Waals surface area contributed by atoms with Gasteiger partial charge in [0.1, 0.15) is 0 Å². The van der Waals surface area contributed by atoms with Gasteiger partial charge in [0.2, 0.25) is 5.91 Å². The Morgan fingerprint density at radius 2 is 1.91 bits per heavy atom. The standard InChI is InChI=1S/C23H23F3N4O2/c1-15(2)13-28-20-7-6-17(11-19(20)23(24,25)26)29-22(32)12-21(31)16-4-3-5-18(10-16)30-9-8-27-14-30/h3-11,14-15,28H,12-13H2,1-2H3,(H,29,32). The highest BCUT2D eigenvalue weighted by Gasteiger charge is 2.34. The van der Waals surface area contributed by atoms with Crippen molar-refractivity contribution in [3.05, 3.63) is 72.3 Å². The summed E-state index contributed by atoms with van der Waals surface area (Å²) in [4.78, 5) is 28.8. The summed E-state index contributed by atoms with van der Waals surface area (Å²) < 4.78 is 42.1. The van der Waals surface area contributed by atoms with Gasteiger partial charge < -0.3 is 15.2 Å². The average molecular weight is 444 g/mol. The van der Waals surface area contributed by atoms with Crippen molar-refractivity contribution in [3.8, 4) is 5.69 Å². The van der Waals surface area contributed by atoms with E-state index in [0.29, 0.717) is 17.8 Å². The maximum Gasteiger partial charge on any atom is 0.418 e. The molecule has 0 aliphatic heterocycles. The molecule has 0 aliphatic carbocycles. The predicted octanol–water partition coefficient (Wildman–Crippen LogP) is 5.17. The number of amides is 1. The van der Waals surface area contributed by atoms with Crippen LogP contribution in [-0.2, 0) is 11.0 Å². The van der Waals surface area contributed by atoms with Crippen LogP contribution in [-0.4, -0.2) is 27.8 Å². The summed E-state index contributed by atoms with van der Waals surface area (Å²) in [6.45, 7) is 4.15. The molecule has 0 atom stereocenters. The van der Waals surface area contributed by atoms with E-state index in [-0.39, 0.29) is 17.3 Å². The molecule has 0 radical (unpaired) electrons. The number of Topliss-reactive ketones (excluding diaryl/α,β-unsaturated/α-hetero) is 1. The Labute approximate surface area is 183 Å². The molecular weight excluding hydrogens is 421 g/mol.